The molecule has 1 saturated heterocycles. The summed E-state index contributed by atoms with van der Waals surface area (Å²) in [5.41, 5.74) is 1.12. The van der Waals surface area contributed by atoms with Crippen LogP contribution in [0.4, 0.5) is 5.82 Å². The van der Waals surface area contributed by atoms with E-state index >= 15 is 0 Å². The summed E-state index contributed by atoms with van der Waals surface area (Å²) in [7, 11) is 0. The van der Waals surface area contributed by atoms with Gasteiger partial charge in [-0.25, -0.2) is 4.98 Å². The second-order valence-corrected chi connectivity index (χ2v) is 5.62. The normalized spacial score (nSPS) is 16.2. The molecule has 1 unspecified atom stereocenters. The number of nitrogens with one attached hydrogen (secondary N) is 1. The average molecular weight is 319 g/mol. The van der Waals surface area contributed by atoms with Crippen molar-refractivity contribution in [1.29, 1.82) is 0 Å². The largest absolute Gasteiger partial charge is 1.00 e. The summed E-state index contributed by atoms with van der Waals surface area (Å²) in [6.07, 6.45) is 6.44. The number of halogens is 1. The van der Waals surface area contributed by atoms with Gasteiger partial charge in [0, 0.05) is 25.0 Å². The number of likely N-dealkylation sites (tertiary alicyclic amines) is 1. The lowest BCUT2D eigenvalue weighted by Gasteiger charge is -2.21. The lowest BCUT2D eigenvalue weighted by molar-refractivity contribution is -0.849. The number of hydrogen-bond acceptors (Lipinski definition) is 3. The van der Waals surface area contributed by atoms with E-state index in [2.05, 4.69) is 39.1 Å². The van der Waals surface area contributed by atoms with Gasteiger partial charge in [0.15, 0.2) is 0 Å². The van der Waals surface area contributed by atoms with Crippen LogP contribution < -0.4 is 17.3 Å². The molecular weight excluding hydrogens is 296 g/mol. The van der Waals surface area contributed by atoms with Crippen LogP contribution in [0, 0.1) is 0 Å². The lowest BCUT2D eigenvalue weighted by atomic mass is 10.3. The smallest absolute Gasteiger partial charge is 0.226 e. The zero-order valence-electron chi connectivity index (χ0n) is 12.8. The fraction of sp³-hybridized carbons (Fsp3) is 0.412. The van der Waals surface area contributed by atoms with Crippen molar-refractivity contribution in [3.8, 4) is 0 Å². The minimum Gasteiger partial charge on any atom is -1.00 e. The van der Waals surface area contributed by atoms with Crippen molar-refractivity contribution in [2.45, 2.75) is 19.4 Å². The molecule has 0 spiro atoms. The fourth-order valence-electron chi connectivity index (χ4n) is 2.90. The van der Waals surface area contributed by atoms with Gasteiger partial charge in [0.05, 0.1) is 12.2 Å². The van der Waals surface area contributed by atoms with E-state index in [9.17, 15) is 0 Å². The first kappa shape index (κ1) is 16.9. The first-order chi connectivity index (χ1) is 10.4. The van der Waals surface area contributed by atoms with Gasteiger partial charge in [-0.15, -0.1) is 0 Å². The van der Waals surface area contributed by atoms with Gasteiger partial charge in [0.1, 0.15) is 6.54 Å². The maximum Gasteiger partial charge on any atom is 0.226 e. The first-order valence-electron chi connectivity index (χ1n) is 7.80. The van der Waals surface area contributed by atoms with Crippen LogP contribution in [0.15, 0.2) is 48.8 Å². The Morgan fingerprint density at radius 2 is 1.68 bits per heavy atom. The molecule has 0 aromatic carbocycles. The van der Waals surface area contributed by atoms with Crippen molar-refractivity contribution in [2.75, 3.05) is 26.2 Å². The maximum absolute atomic E-state index is 4.54. The molecule has 0 radical (unpaired) electrons. The predicted molar refractivity (Wildman–Crippen MR) is 83.3 cm³/mol. The van der Waals surface area contributed by atoms with E-state index in [0.717, 1.165) is 31.1 Å². The molecule has 0 bridgehead atoms. The van der Waals surface area contributed by atoms with Gasteiger partial charge >= 0.3 is 0 Å². The molecule has 3 heterocycles. The first-order valence-corrected chi connectivity index (χ1v) is 7.80. The van der Waals surface area contributed by atoms with Crippen molar-refractivity contribution >= 4 is 5.82 Å². The lowest BCUT2D eigenvalue weighted by Crippen LogP contribution is -3.07. The van der Waals surface area contributed by atoms with E-state index in [1.165, 1.54) is 30.8 Å². The van der Waals surface area contributed by atoms with Crippen LogP contribution in [0.5, 0.6) is 0 Å². The second kappa shape index (κ2) is 8.83. The summed E-state index contributed by atoms with van der Waals surface area (Å²) < 4.78 is 0. The Labute approximate surface area is 138 Å². The van der Waals surface area contributed by atoms with E-state index in [4.69, 9.17) is 0 Å². The average Bonchev–Trinajstić information content (AvgIpc) is 3.07. The van der Waals surface area contributed by atoms with Crippen LogP contribution in [0.3, 0.4) is 0 Å². The number of quaternary nitrogens is 1. The summed E-state index contributed by atoms with van der Waals surface area (Å²) in [5.74, 6) is 1.11. The SMILES string of the molecule is [Cl-].c1ccc(C[NH+](CCN2CCCC2)c2ccccn2)nc1. The molecule has 4 nitrogen and oxygen atoms in total. The molecule has 0 aliphatic carbocycles. The molecule has 1 N–H and O–H groups in total. The highest BCUT2D eigenvalue weighted by Crippen LogP contribution is 2.05. The Hall–Kier alpha value is -1.49. The Morgan fingerprint density at radius 1 is 0.955 bits per heavy atom. The van der Waals surface area contributed by atoms with Crippen LogP contribution in [0.2, 0.25) is 0 Å². The van der Waals surface area contributed by atoms with Gasteiger partial charge in [0.25, 0.3) is 0 Å². The maximum atomic E-state index is 4.54. The Kier molecular flexibility index (Phi) is 6.77. The summed E-state index contributed by atoms with van der Waals surface area (Å²) in [4.78, 5) is 12.9. The topological polar surface area (TPSA) is 33.5 Å². The highest BCUT2D eigenvalue weighted by molar-refractivity contribution is 5.16. The molecule has 1 aliphatic heterocycles. The van der Waals surface area contributed by atoms with Gasteiger partial charge in [-0.2, -0.15) is 0 Å². The standard InChI is InChI=1S/C17H22N4.ClH/c1-3-9-18-16(7-1)15-21(17-8-2-4-10-19-17)14-13-20-11-5-6-12-20;/h1-4,7-10H,5-6,11-15H2;1H. The third-order valence-corrected chi connectivity index (χ3v) is 4.08. The summed E-state index contributed by atoms with van der Waals surface area (Å²) >= 11 is 0. The molecule has 0 saturated carbocycles. The van der Waals surface area contributed by atoms with E-state index in [1.807, 2.05) is 24.5 Å². The van der Waals surface area contributed by atoms with E-state index in [1.54, 1.807) is 0 Å². The number of rotatable bonds is 6. The minimum absolute atomic E-state index is 0. The molecule has 2 aromatic heterocycles. The van der Waals surface area contributed by atoms with Crippen molar-refractivity contribution in [1.82, 2.24) is 14.9 Å². The molecule has 2 aromatic rings. The molecule has 1 aliphatic rings. The second-order valence-electron chi connectivity index (χ2n) is 5.62. The molecule has 5 heteroatoms. The molecule has 22 heavy (non-hydrogen) atoms. The van der Waals surface area contributed by atoms with E-state index < -0.39 is 0 Å². The third-order valence-electron chi connectivity index (χ3n) is 4.08. The highest BCUT2D eigenvalue weighted by Gasteiger charge is 2.18. The van der Waals surface area contributed by atoms with E-state index in [-0.39, 0.29) is 12.4 Å². The minimum atomic E-state index is 0. The van der Waals surface area contributed by atoms with Gasteiger partial charge < -0.3 is 12.4 Å². The molecule has 118 valence electrons. The Balaban J connectivity index is 0.00000176. The zero-order chi connectivity index (χ0) is 14.3. The fourth-order valence-corrected chi connectivity index (χ4v) is 2.90. The predicted octanol–water partition coefficient (Wildman–Crippen LogP) is -1.71. The number of aromatic nitrogens is 2. The van der Waals surface area contributed by atoms with Gasteiger partial charge in [0.2, 0.25) is 5.82 Å². The van der Waals surface area contributed by atoms with Gasteiger partial charge in [-0.05, 0) is 44.1 Å². The summed E-state index contributed by atoms with van der Waals surface area (Å²) in [6, 6.07) is 12.3. The molecule has 1 fully saturated rings. The van der Waals surface area contributed by atoms with E-state index in [0.29, 0.717) is 0 Å². The monoisotopic (exact) mass is 318 g/mol. The van der Waals surface area contributed by atoms with Crippen molar-refractivity contribution in [2.24, 2.45) is 0 Å². The van der Waals surface area contributed by atoms with Crippen molar-refractivity contribution in [3.05, 3.63) is 54.5 Å². The summed E-state index contributed by atoms with van der Waals surface area (Å²) in [6.45, 7) is 5.61. The summed E-state index contributed by atoms with van der Waals surface area (Å²) in [5, 5.41) is 0. The van der Waals surface area contributed by atoms with Gasteiger partial charge in [-0.1, -0.05) is 12.1 Å². The van der Waals surface area contributed by atoms with Crippen LogP contribution >= 0.6 is 0 Å². The van der Waals surface area contributed by atoms with Crippen molar-refractivity contribution < 1.29 is 17.3 Å². The number of hydrogen-bond donors (Lipinski definition) is 1. The zero-order valence-corrected chi connectivity index (χ0v) is 13.5. The molecule has 1 atom stereocenters. The quantitative estimate of drug-likeness (QED) is 0.689. The van der Waals surface area contributed by atoms with Crippen LogP contribution in [0.1, 0.15) is 18.5 Å². The van der Waals surface area contributed by atoms with Crippen LogP contribution in [-0.4, -0.2) is 41.0 Å². The van der Waals surface area contributed by atoms with Crippen LogP contribution in [0.25, 0.3) is 0 Å². The molecule has 3 rings (SSSR count). The third kappa shape index (κ3) is 4.77. The van der Waals surface area contributed by atoms with Crippen molar-refractivity contribution in [3.63, 3.8) is 0 Å². The van der Waals surface area contributed by atoms with Crippen LogP contribution in [-0.2, 0) is 6.54 Å². The number of pyridine rings is 2. The van der Waals surface area contributed by atoms with Gasteiger partial charge in [-0.3, -0.25) is 14.8 Å². The molecular formula is C17H23ClN4. The Bertz CT molecular complexity index is 529. The highest BCUT2D eigenvalue weighted by atomic mass is 35.5. The molecule has 0 amide bonds. The Morgan fingerprint density at radius 3 is 2.32 bits per heavy atom. The number of nitrogens with zero attached hydrogens (tertiary/aromatic N) is 3.